The molecule has 0 aliphatic carbocycles. The first-order valence-corrected chi connectivity index (χ1v) is 4.26. The van der Waals surface area contributed by atoms with Gasteiger partial charge in [0.25, 0.3) is 0 Å². The quantitative estimate of drug-likeness (QED) is 0.655. The predicted molar refractivity (Wildman–Crippen MR) is 52.3 cm³/mol. The smallest absolute Gasteiger partial charge is 0.180 e. The highest BCUT2D eigenvalue weighted by Crippen LogP contribution is 1.78. The Kier molecular flexibility index (Phi) is 6.21. The molecule has 0 saturated carbocycles. The zero-order chi connectivity index (χ0) is 10.6. The van der Waals surface area contributed by atoms with E-state index in [1.165, 1.54) is 25.3 Å². The Morgan fingerprint density at radius 3 is 2.33 bits per heavy atom. The van der Waals surface area contributed by atoms with Crippen molar-refractivity contribution < 1.29 is 13.7 Å². The molecular formula is C9H11N3O3. The Morgan fingerprint density at radius 2 is 2.13 bits per heavy atom. The highest BCUT2D eigenvalue weighted by atomic mass is 16.5. The van der Waals surface area contributed by atoms with E-state index >= 15 is 0 Å². The summed E-state index contributed by atoms with van der Waals surface area (Å²) in [5, 5.41) is 3.35. The monoisotopic (exact) mass is 209 g/mol. The number of ether oxygens (including phenoxy) is 1. The van der Waals surface area contributed by atoms with E-state index in [0.29, 0.717) is 0 Å². The van der Waals surface area contributed by atoms with Crippen LogP contribution in [0.2, 0.25) is 0 Å². The van der Waals surface area contributed by atoms with Gasteiger partial charge in [0.15, 0.2) is 12.8 Å². The molecule has 0 aromatic carbocycles. The molecule has 6 heteroatoms. The van der Waals surface area contributed by atoms with Gasteiger partial charge >= 0.3 is 0 Å². The third-order valence-corrected chi connectivity index (χ3v) is 1.18. The summed E-state index contributed by atoms with van der Waals surface area (Å²) in [4.78, 5) is 7.29. The number of nitrogens with zero attached hydrogens (tertiary/aromatic N) is 3. The molecular weight excluding hydrogens is 198 g/mol. The maximum atomic E-state index is 4.65. The van der Waals surface area contributed by atoms with Crippen molar-refractivity contribution in [2.75, 3.05) is 13.2 Å². The summed E-state index contributed by atoms with van der Waals surface area (Å²) < 4.78 is 13.5. The molecule has 3 rings (SSSR count). The maximum absolute atomic E-state index is 4.65. The third-order valence-electron chi connectivity index (χ3n) is 1.18. The molecule has 2 aromatic heterocycles. The lowest BCUT2D eigenvalue weighted by Crippen LogP contribution is -1.80. The molecule has 3 heterocycles. The number of aromatic nitrogens is 2. The van der Waals surface area contributed by atoms with E-state index in [9.17, 15) is 0 Å². The highest BCUT2D eigenvalue weighted by molar-refractivity contribution is 5.47. The van der Waals surface area contributed by atoms with Crippen LogP contribution >= 0.6 is 0 Å². The van der Waals surface area contributed by atoms with Crippen LogP contribution in [0.3, 0.4) is 0 Å². The summed E-state index contributed by atoms with van der Waals surface area (Å²) in [7, 11) is 0. The van der Waals surface area contributed by atoms with Gasteiger partial charge in [0.1, 0.15) is 19.1 Å². The summed E-state index contributed by atoms with van der Waals surface area (Å²) in [6.45, 7) is 1.62. The highest BCUT2D eigenvalue weighted by Gasteiger charge is 1.84. The molecule has 6 nitrogen and oxygen atoms in total. The molecule has 15 heavy (non-hydrogen) atoms. The van der Waals surface area contributed by atoms with Crippen LogP contribution in [-0.4, -0.2) is 29.7 Å². The van der Waals surface area contributed by atoms with Crippen LogP contribution in [0.1, 0.15) is 0 Å². The van der Waals surface area contributed by atoms with Crippen LogP contribution < -0.4 is 0 Å². The number of hydrogen-bond acceptors (Lipinski definition) is 6. The minimum absolute atomic E-state index is 0.778. The molecule has 0 unspecified atom stereocenters. The Hall–Kier alpha value is -2.11. The average molecular weight is 209 g/mol. The summed E-state index contributed by atoms with van der Waals surface area (Å²) in [6, 6.07) is 1.72. The van der Waals surface area contributed by atoms with Gasteiger partial charge in [-0.25, -0.2) is 4.98 Å². The third kappa shape index (κ3) is 7.00. The minimum atomic E-state index is 0.778. The van der Waals surface area contributed by atoms with Crippen molar-refractivity contribution in [3.63, 3.8) is 0 Å². The second-order valence-corrected chi connectivity index (χ2v) is 2.25. The van der Waals surface area contributed by atoms with E-state index in [1.54, 1.807) is 18.5 Å². The van der Waals surface area contributed by atoms with Gasteiger partial charge in [-0.15, -0.1) is 0 Å². The van der Waals surface area contributed by atoms with Crippen LogP contribution in [0.4, 0.5) is 0 Å². The lowest BCUT2D eigenvalue weighted by atomic mass is 10.8. The Labute approximate surface area is 86.6 Å². The fourth-order valence-corrected chi connectivity index (χ4v) is 0.615. The van der Waals surface area contributed by atoms with Gasteiger partial charge in [0.05, 0.1) is 18.9 Å². The van der Waals surface area contributed by atoms with Crippen molar-refractivity contribution >= 4 is 6.40 Å². The number of aliphatic imine (C=N–C) groups is 1. The Morgan fingerprint density at radius 1 is 1.13 bits per heavy atom. The van der Waals surface area contributed by atoms with Gasteiger partial charge < -0.3 is 13.7 Å². The van der Waals surface area contributed by atoms with Gasteiger partial charge in [-0.2, -0.15) is 0 Å². The maximum Gasteiger partial charge on any atom is 0.180 e. The largest absolute Gasteiger partial charge is 0.482 e. The molecule has 0 amide bonds. The fourth-order valence-electron chi connectivity index (χ4n) is 0.615. The van der Waals surface area contributed by atoms with Crippen molar-refractivity contribution in [2.45, 2.75) is 0 Å². The first-order chi connectivity index (χ1) is 7.50. The zero-order valence-corrected chi connectivity index (χ0v) is 8.02. The molecule has 0 spiro atoms. The lowest BCUT2D eigenvalue weighted by Gasteiger charge is -1.76. The van der Waals surface area contributed by atoms with Crippen molar-refractivity contribution in [1.29, 1.82) is 0 Å². The normalized spacial score (nSPS) is 11.7. The van der Waals surface area contributed by atoms with Gasteiger partial charge in [-0.05, 0) is 6.07 Å². The van der Waals surface area contributed by atoms with E-state index in [2.05, 4.69) is 28.8 Å². The first kappa shape index (κ1) is 11.0. The Balaban J connectivity index is 0.000000112. The number of rotatable bonds is 0. The van der Waals surface area contributed by atoms with Crippen molar-refractivity contribution in [1.82, 2.24) is 10.1 Å². The summed E-state index contributed by atoms with van der Waals surface area (Å²) >= 11 is 0. The molecule has 0 radical (unpaired) electrons. The predicted octanol–water partition coefficient (Wildman–Crippen LogP) is 1.39. The van der Waals surface area contributed by atoms with Gasteiger partial charge in [-0.3, -0.25) is 4.99 Å². The lowest BCUT2D eigenvalue weighted by molar-refractivity contribution is 0.361. The van der Waals surface area contributed by atoms with Gasteiger partial charge in [0.2, 0.25) is 0 Å². The summed E-state index contributed by atoms with van der Waals surface area (Å²) in [6.07, 6.45) is 9.06. The molecule has 0 bridgehead atoms. The first-order valence-electron chi connectivity index (χ1n) is 4.26. The molecule has 0 saturated heterocycles. The van der Waals surface area contributed by atoms with E-state index in [1.807, 2.05) is 0 Å². The van der Waals surface area contributed by atoms with Crippen molar-refractivity contribution in [3.8, 4) is 0 Å². The summed E-state index contributed by atoms with van der Waals surface area (Å²) in [5.41, 5.74) is 0. The minimum Gasteiger partial charge on any atom is -0.482 e. The second-order valence-electron chi connectivity index (χ2n) is 2.25. The molecule has 0 fully saturated rings. The van der Waals surface area contributed by atoms with Gasteiger partial charge in [-0.1, -0.05) is 5.16 Å². The average Bonchev–Trinajstić information content (AvgIpc) is 3.09. The molecule has 0 N–H and O–H groups in total. The van der Waals surface area contributed by atoms with Crippen LogP contribution in [-0.2, 0) is 4.74 Å². The van der Waals surface area contributed by atoms with Crippen LogP contribution in [0.5, 0.6) is 0 Å². The van der Waals surface area contributed by atoms with E-state index < -0.39 is 0 Å². The van der Waals surface area contributed by atoms with Crippen LogP contribution in [0.15, 0.2) is 51.3 Å². The zero-order valence-electron chi connectivity index (χ0n) is 8.02. The molecule has 0 atom stereocenters. The molecule has 80 valence electrons. The van der Waals surface area contributed by atoms with E-state index in [0.717, 1.165) is 13.2 Å². The SMILES string of the molecule is C1=NCCO1.c1cnoc1.c1cocn1. The van der Waals surface area contributed by atoms with Crippen LogP contribution in [0.25, 0.3) is 0 Å². The molecule has 1 aliphatic rings. The fraction of sp³-hybridized carbons (Fsp3) is 0.222. The Bertz CT molecular complexity index is 252. The standard InChI is InChI=1S/C3H5NO.2C3H3NO/c2*1-2-5-3-4-1;1-2-4-5-3-1/h3H,1-2H2;2*1-3H. The van der Waals surface area contributed by atoms with E-state index in [4.69, 9.17) is 0 Å². The van der Waals surface area contributed by atoms with Crippen LogP contribution in [0, 0.1) is 0 Å². The molecule has 2 aromatic rings. The summed E-state index contributed by atoms with van der Waals surface area (Å²) in [5.74, 6) is 0. The second kappa shape index (κ2) is 8.49. The topological polar surface area (TPSA) is 73.7 Å². The number of hydrogen-bond donors (Lipinski definition) is 0. The molecule has 1 aliphatic heterocycles. The van der Waals surface area contributed by atoms with Gasteiger partial charge in [0, 0.05) is 0 Å². The number of oxazole rings is 1. The van der Waals surface area contributed by atoms with Crippen molar-refractivity contribution in [3.05, 3.63) is 37.4 Å². The van der Waals surface area contributed by atoms with E-state index in [-0.39, 0.29) is 0 Å². The van der Waals surface area contributed by atoms with Crippen molar-refractivity contribution in [2.24, 2.45) is 4.99 Å².